The van der Waals surface area contributed by atoms with E-state index in [1.54, 1.807) is 6.07 Å². The highest BCUT2D eigenvalue weighted by Crippen LogP contribution is 2.69. The number of hydrogen-bond donors (Lipinski definition) is 2. The van der Waals surface area contributed by atoms with Gasteiger partial charge in [0.1, 0.15) is 0 Å². The Bertz CT molecular complexity index is 1030. The van der Waals surface area contributed by atoms with Crippen LogP contribution in [0.4, 0.5) is 0 Å². The van der Waals surface area contributed by atoms with E-state index in [1.165, 1.54) is 32.8 Å². The van der Waals surface area contributed by atoms with Gasteiger partial charge in [0.2, 0.25) is 0 Å². The van der Waals surface area contributed by atoms with Crippen molar-refractivity contribution in [3.63, 3.8) is 0 Å². The van der Waals surface area contributed by atoms with Crippen LogP contribution < -0.4 is 0 Å². The Morgan fingerprint density at radius 2 is 1.82 bits per heavy atom. The van der Waals surface area contributed by atoms with Crippen LogP contribution >= 0.6 is 0 Å². The Hall–Kier alpha value is -1.65. The van der Waals surface area contributed by atoms with Gasteiger partial charge in [-0.3, -0.25) is 0 Å². The largest absolute Gasteiger partial charge is 0.465 e. The van der Waals surface area contributed by atoms with Crippen molar-refractivity contribution in [2.24, 2.45) is 52.3 Å². The number of fused-ring (bicyclic) bond motifs is 5. The van der Waals surface area contributed by atoms with E-state index in [0.717, 1.165) is 37.7 Å². The van der Waals surface area contributed by atoms with Gasteiger partial charge < -0.3 is 14.9 Å². The molecule has 4 aliphatic carbocycles. The van der Waals surface area contributed by atoms with Gasteiger partial charge in [-0.05, 0) is 121 Å². The lowest BCUT2D eigenvalue weighted by atomic mass is 9.41. The first-order valence-electron chi connectivity index (χ1n) is 15.3. The van der Waals surface area contributed by atoms with E-state index < -0.39 is 0 Å². The number of aliphatic hydroxyl groups excluding tert-OH is 2. The molecule has 1 aromatic carbocycles. The van der Waals surface area contributed by atoms with E-state index in [-0.39, 0.29) is 29.0 Å². The summed E-state index contributed by atoms with van der Waals surface area (Å²) in [5.41, 5.74) is 2.17. The maximum absolute atomic E-state index is 11.9. The number of rotatable bonds is 6. The van der Waals surface area contributed by atoms with Gasteiger partial charge in [0.15, 0.2) is 0 Å². The monoisotopic (exact) mass is 522 g/mol. The maximum atomic E-state index is 11.9. The molecular formula is C34H50O4. The molecule has 11 atom stereocenters. The summed E-state index contributed by atoms with van der Waals surface area (Å²) in [6, 6.07) is 7.64. The lowest BCUT2D eigenvalue weighted by Crippen LogP contribution is -2.62. The summed E-state index contributed by atoms with van der Waals surface area (Å²) in [5.74, 6) is 3.32. The van der Waals surface area contributed by atoms with Crippen LogP contribution in [0, 0.1) is 52.3 Å². The van der Waals surface area contributed by atoms with Crippen LogP contribution in [0.5, 0.6) is 0 Å². The molecule has 4 heteroatoms. The van der Waals surface area contributed by atoms with Crippen molar-refractivity contribution in [3.8, 4) is 0 Å². The summed E-state index contributed by atoms with van der Waals surface area (Å²) in [7, 11) is 1.42. The Labute approximate surface area is 230 Å². The lowest BCUT2D eigenvalue weighted by Gasteiger charge is -2.64. The Kier molecular flexibility index (Phi) is 7.88. The van der Waals surface area contributed by atoms with Crippen molar-refractivity contribution in [3.05, 3.63) is 41.5 Å². The first kappa shape index (κ1) is 27.9. The standard InChI is InChI=1S/C34H50O4/c1-6-25-29-20-24(35)15-17-34(29,4)28-16-18-33(3)26(13-14-27(33)30(28)31(25)36)21(2)9-7-10-22-11-8-12-23(19-22)32(37)38-5/h7-8,10-12,19,21,24-31,35-36H,6,9,13-18,20H2,1-5H3/b10-7+/t21-,24-,25-,26?,27?,28?,29?,30?,31-,33-,34-/m1/s1. The molecule has 4 aliphatic rings. The van der Waals surface area contributed by atoms with Gasteiger partial charge in [-0.25, -0.2) is 4.79 Å². The summed E-state index contributed by atoms with van der Waals surface area (Å²) in [6.07, 6.45) is 14.0. The third kappa shape index (κ3) is 4.58. The predicted octanol–water partition coefficient (Wildman–Crippen LogP) is 7.14. The molecule has 0 spiro atoms. The second kappa shape index (κ2) is 10.7. The average Bonchev–Trinajstić information content (AvgIpc) is 3.26. The molecule has 38 heavy (non-hydrogen) atoms. The molecule has 0 aliphatic heterocycles. The van der Waals surface area contributed by atoms with Crippen molar-refractivity contribution < 1.29 is 19.7 Å². The highest BCUT2D eigenvalue weighted by atomic mass is 16.5. The minimum Gasteiger partial charge on any atom is -0.465 e. The zero-order valence-corrected chi connectivity index (χ0v) is 24.2. The summed E-state index contributed by atoms with van der Waals surface area (Å²) in [5, 5.41) is 22.4. The van der Waals surface area contributed by atoms with Gasteiger partial charge in [-0.1, -0.05) is 58.4 Å². The molecule has 4 nitrogen and oxygen atoms in total. The number of methoxy groups -OCH3 is 1. The molecule has 0 bridgehead atoms. The molecular weight excluding hydrogens is 472 g/mol. The number of carbonyl (C=O) groups is 1. The van der Waals surface area contributed by atoms with Crippen LogP contribution in [-0.2, 0) is 4.74 Å². The molecule has 210 valence electrons. The van der Waals surface area contributed by atoms with Crippen molar-refractivity contribution >= 4 is 12.0 Å². The molecule has 2 N–H and O–H groups in total. The summed E-state index contributed by atoms with van der Waals surface area (Å²) in [6.45, 7) is 9.75. The summed E-state index contributed by atoms with van der Waals surface area (Å²) >= 11 is 0. The number of ether oxygens (including phenoxy) is 1. The van der Waals surface area contributed by atoms with E-state index in [9.17, 15) is 15.0 Å². The molecule has 5 rings (SSSR count). The molecule has 5 unspecified atom stereocenters. The van der Waals surface area contributed by atoms with Gasteiger partial charge in [0.05, 0.1) is 24.9 Å². The van der Waals surface area contributed by atoms with Crippen LogP contribution in [0.1, 0.15) is 101 Å². The first-order chi connectivity index (χ1) is 18.1. The van der Waals surface area contributed by atoms with E-state index in [2.05, 4.69) is 39.8 Å². The number of aliphatic hydroxyl groups is 2. The quantitative estimate of drug-likeness (QED) is 0.390. The third-order valence-electron chi connectivity index (χ3n) is 12.3. The summed E-state index contributed by atoms with van der Waals surface area (Å²) < 4.78 is 4.87. The zero-order chi connectivity index (χ0) is 27.2. The molecule has 1 aromatic rings. The normalized spacial score (nSPS) is 43.2. The number of carbonyl (C=O) groups excluding carboxylic acids is 1. The molecule has 0 saturated heterocycles. The fourth-order valence-electron chi connectivity index (χ4n) is 10.4. The van der Waals surface area contributed by atoms with E-state index >= 15 is 0 Å². The van der Waals surface area contributed by atoms with Crippen LogP contribution in [0.3, 0.4) is 0 Å². The van der Waals surface area contributed by atoms with E-state index in [4.69, 9.17) is 4.74 Å². The van der Waals surface area contributed by atoms with Gasteiger partial charge >= 0.3 is 5.97 Å². The van der Waals surface area contributed by atoms with E-state index in [1.807, 2.05) is 18.2 Å². The average molecular weight is 523 g/mol. The van der Waals surface area contributed by atoms with Crippen LogP contribution in [0.15, 0.2) is 30.3 Å². The Morgan fingerprint density at radius 3 is 2.55 bits per heavy atom. The SMILES string of the molecule is CC[C@@H]1C2C[C@H](O)CC[C@]2(C)C2CC[C@@]3(C)C(CCC3[C@H](C)C/C=C/c3cccc(C(=O)OC)c3)C2[C@@H]1O. The Balaban J connectivity index is 1.31. The van der Waals surface area contributed by atoms with Gasteiger partial charge in [0, 0.05) is 0 Å². The summed E-state index contributed by atoms with van der Waals surface area (Å²) in [4.78, 5) is 11.9. The topological polar surface area (TPSA) is 66.8 Å². The molecule has 0 amide bonds. The number of benzene rings is 1. The van der Waals surface area contributed by atoms with Crippen molar-refractivity contribution in [1.29, 1.82) is 0 Å². The zero-order valence-electron chi connectivity index (χ0n) is 24.2. The number of esters is 1. The second-order valence-electron chi connectivity index (χ2n) is 13.9. The maximum Gasteiger partial charge on any atom is 0.337 e. The second-order valence-corrected chi connectivity index (χ2v) is 13.9. The molecule has 4 fully saturated rings. The van der Waals surface area contributed by atoms with Crippen LogP contribution in [0.2, 0.25) is 0 Å². The molecule has 0 heterocycles. The molecule has 0 aromatic heterocycles. The van der Waals surface area contributed by atoms with Crippen molar-refractivity contribution in [1.82, 2.24) is 0 Å². The molecule has 4 saturated carbocycles. The minimum absolute atomic E-state index is 0.188. The van der Waals surface area contributed by atoms with Crippen molar-refractivity contribution in [2.75, 3.05) is 7.11 Å². The van der Waals surface area contributed by atoms with E-state index in [0.29, 0.717) is 47.0 Å². The van der Waals surface area contributed by atoms with Crippen LogP contribution in [0.25, 0.3) is 6.08 Å². The highest BCUT2D eigenvalue weighted by molar-refractivity contribution is 5.89. The molecule has 0 radical (unpaired) electrons. The fraction of sp³-hybridized carbons (Fsp3) is 0.735. The van der Waals surface area contributed by atoms with Gasteiger partial charge in [0.25, 0.3) is 0 Å². The van der Waals surface area contributed by atoms with Crippen LogP contribution in [-0.4, -0.2) is 35.5 Å². The van der Waals surface area contributed by atoms with Gasteiger partial charge in [-0.15, -0.1) is 0 Å². The predicted molar refractivity (Wildman–Crippen MR) is 152 cm³/mol. The van der Waals surface area contributed by atoms with Gasteiger partial charge in [-0.2, -0.15) is 0 Å². The lowest BCUT2D eigenvalue weighted by molar-refractivity contribution is -0.203. The first-order valence-corrected chi connectivity index (χ1v) is 15.3. The number of hydrogen-bond acceptors (Lipinski definition) is 4. The van der Waals surface area contributed by atoms with Crippen molar-refractivity contribution in [2.45, 2.75) is 97.7 Å². The smallest absolute Gasteiger partial charge is 0.337 e. The Morgan fingerprint density at radius 1 is 1.08 bits per heavy atom. The highest BCUT2D eigenvalue weighted by Gasteiger charge is 2.64. The third-order valence-corrected chi connectivity index (χ3v) is 12.3. The number of allylic oxidation sites excluding steroid dienone is 1. The fourth-order valence-corrected chi connectivity index (χ4v) is 10.4. The minimum atomic E-state index is -0.297.